The number of hydrogen-bond acceptors (Lipinski definition) is 8. The first-order valence-corrected chi connectivity index (χ1v) is 14.1. The van der Waals surface area contributed by atoms with Crippen LogP contribution in [-0.2, 0) is 9.92 Å². The minimum absolute atomic E-state index is 0.105. The Kier molecular flexibility index (Phi) is 6.38. The molecule has 0 aliphatic carbocycles. The molecule has 0 amide bonds. The molecule has 0 saturated carbocycles. The molecule has 11 heteroatoms. The minimum atomic E-state index is -2.78. The van der Waals surface area contributed by atoms with Crippen molar-refractivity contribution in [2.75, 3.05) is 24.6 Å². The van der Waals surface area contributed by atoms with Crippen LogP contribution in [0.3, 0.4) is 0 Å². The van der Waals surface area contributed by atoms with Crippen molar-refractivity contribution in [3.05, 3.63) is 42.4 Å². The van der Waals surface area contributed by atoms with Crippen LogP contribution in [0, 0.1) is 16.1 Å². The Balaban J connectivity index is 1.40. The van der Waals surface area contributed by atoms with E-state index in [0.29, 0.717) is 29.9 Å². The lowest BCUT2D eigenvalue weighted by Crippen LogP contribution is -2.70. The summed E-state index contributed by atoms with van der Waals surface area (Å²) in [6.45, 7) is 8.74. The summed E-state index contributed by atoms with van der Waals surface area (Å²) in [5, 5.41) is 23.8. The highest BCUT2D eigenvalue weighted by Gasteiger charge is 2.50. The second kappa shape index (κ2) is 9.28. The molecule has 0 radical (unpaired) electrons. The summed E-state index contributed by atoms with van der Waals surface area (Å²) in [6.07, 6.45) is 6.70. The fourth-order valence-electron chi connectivity index (χ4n) is 5.11. The van der Waals surface area contributed by atoms with Crippen molar-refractivity contribution in [3.63, 3.8) is 0 Å². The van der Waals surface area contributed by atoms with Gasteiger partial charge in [-0.25, -0.2) is 22.8 Å². The molecule has 3 aliphatic rings. The van der Waals surface area contributed by atoms with E-state index in [9.17, 15) is 14.6 Å². The van der Waals surface area contributed by atoms with E-state index in [1.165, 1.54) is 6.20 Å². The number of nitrogens with zero attached hydrogens (tertiary/aromatic N) is 6. The van der Waals surface area contributed by atoms with Crippen molar-refractivity contribution in [1.82, 2.24) is 18.9 Å². The van der Waals surface area contributed by atoms with Gasteiger partial charge in [0.2, 0.25) is 0 Å². The van der Waals surface area contributed by atoms with Crippen molar-refractivity contribution < 1.29 is 14.1 Å². The highest BCUT2D eigenvalue weighted by atomic mass is 32.2. The van der Waals surface area contributed by atoms with Crippen LogP contribution < -0.4 is 9.64 Å². The summed E-state index contributed by atoms with van der Waals surface area (Å²) in [6, 6.07) is 8.18. The molecule has 6 heterocycles. The van der Waals surface area contributed by atoms with E-state index in [1.54, 1.807) is 30.8 Å². The Morgan fingerprint density at radius 2 is 2.05 bits per heavy atom. The lowest BCUT2D eigenvalue weighted by molar-refractivity contribution is 0.0283. The molecule has 0 spiro atoms. The van der Waals surface area contributed by atoms with Gasteiger partial charge < -0.3 is 14.7 Å². The fourth-order valence-corrected chi connectivity index (χ4v) is 7.17. The monoisotopic (exact) mass is 523 g/mol. The van der Waals surface area contributed by atoms with Crippen LogP contribution in [0.4, 0.5) is 5.82 Å². The average molecular weight is 524 g/mol. The summed E-state index contributed by atoms with van der Waals surface area (Å²) < 4.78 is 31.0. The smallest absolute Gasteiger partial charge is 0.138 e. The third kappa shape index (κ3) is 4.65. The van der Waals surface area contributed by atoms with E-state index >= 15 is 0 Å². The summed E-state index contributed by atoms with van der Waals surface area (Å²) in [7, 11) is -2.78. The number of fused-ring (bicyclic) bond motifs is 3. The molecular weight excluding hydrogens is 490 g/mol. The van der Waals surface area contributed by atoms with Gasteiger partial charge in [0, 0.05) is 42.5 Å². The first kappa shape index (κ1) is 25.4. The molecule has 4 atom stereocenters. The SMILES string of the molecule is CCC(C)S(=N)(=O)N1C2CC1CN(c1ccc(-c3cc(OCC(C)(C)O)cn4ncc(C#N)c34)cn1)C2. The molecule has 2 bridgehead atoms. The number of pyridine rings is 2. The van der Waals surface area contributed by atoms with Gasteiger partial charge in [0.05, 0.1) is 34.3 Å². The van der Waals surface area contributed by atoms with Crippen LogP contribution in [0.5, 0.6) is 5.75 Å². The Labute approximate surface area is 217 Å². The molecule has 2 N–H and O–H groups in total. The van der Waals surface area contributed by atoms with E-state index in [2.05, 4.69) is 16.1 Å². The number of aromatic nitrogens is 3. The molecule has 3 aromatic heterocycles. The predicted octanol–water partition coefficient (Wildman–Crippen LogP) is 3.44. The lowest BCUT2D eigenvalue weighted by atomic mass is 9.91. The Bertz CT molecular complexity index is 1440. The van der Waals surface area contributed by atoms with Crippen molar-refractivity contribution in [2.45, 2.75) is 63.5 Å². The Morgan fingerprint density at radius 1 is 1.32 bits per heavy atom. The van der Waals surface area contributed by atoms with Gasteiger partial charge in [0.1, 0.15) is 34.2 Å². The number of anilines is 1. The number of nitriles is 1. The molecule has 0 aromatic carbocycles. The van der Waals surface area contributed by atoms with Crippen molar-refractivity contribution >= 4 is 21.2 Å². The third-order valence-electron chi connectivity index (χ3n) is 7.24. The predicted molar refractivity (Wildman–Crippen MR) is 142 cm³/mol. The summed E-state index contributed by atoms with van der Waals surface area (Å²) >= 11 is 0. The lowest BCUT2D eigenvalue weighted by Gasteiger charge is -2.57. The van der Waals surface area contributed by atoms with Crippen molar-refractivity contribution in [2.24, 2.45) is 0 Å². The maximum Gasteiger partial charge on any atom is 0.138 e. The topological polar surface area (TPSA) is 131 Å². The van der Waals surface area contributed by atoms with Crippen LogP contribution in [-0.4, -0.2) is 70.8 Å². The van der Waals surface area contributed by atoms with Crippen LogP contribution in [0.1, 0.15) is 46.1 Å². The molecule has 196 valence electrons. The molecule has 3 aromatic rings. The second-order valence-corrected chi connectivity index (χ2v) is 13.0. The van der Waals surface area contributed by atoms with Crippen molar-refractivity contribution in [1.29, 1.82) is 10.0 Å². The zero-order chi connectivity index (χ0) is 26.5. The van der Waals surface area contributed by atoms with Crippen LogP contribution in [0.2, 0.25) is 0 Å². The first-order chi connectivity index (χ1) is 17.5. The second-order valence-electron chi connectivity index (χ2n) is 10.7. The Hall–Kier alpha value is -3.20. The third-order valence-corrected chi connectivity index (χ3v) is 9.89. The summed E-state index contributed by atoms with van der Waals surface area (Å²) in [4.78, 5) is 6.93. The van der Waals surface area contributed by atoms with Gasteiger partial charge in [0.15, 0.2) is 0 Å². The standard InChI is InChI=1S/C26H33N7O3S/c1-5-17(2)37(28,35)33-20-8-21(33)14-31(13-20)24-7-6-18(11-29-24)23-9-22(36-16-26(3,4)34)15-32-25(23)19(10-27)12-30-32/h6-7,9,11-12,15,17,20-21,28,34H,5,8,13-14,16H2,1-4H3. The van der Waals surface area contributed by atoms with Gasteiger partial charge in [-0.2, -0.15) is 10.4 Å². The van der Waals surface area contributed by atoms with Gasteiger partial charge in [0.25, 0.3) is 0 Å². The largest absolute Gasteiger partial charge is 0.489 e. The molecule has 10 nitrogen and oxygen atoms in total. The number of ether oxygens (including phenoxy) is 1. The molecule has 37 heavy (non-hydrogen) atoms. The van der Waals surface area contributed by atoms with E-state index in [0.717, 1.165) is 29.8 Å². The number of nitrogens with one attached hydrogen (secondary N) is 1. The maximum atomic E-state index is 13.1. The molecule has 6 rings (SSSR count). The van der Waals surface area contributed by atoms with E-state index in [-0.39, 0.29) is 23.9 Å². The normalized spacial score (nSPS) is 22.2. The molecule has 3 fully saturated rings. The molecular formula is C26H33N7O3S. The van der Waals surface area contributed by atoms with Crippen LogP contribution in [0.15, 0.2) is 36.8 Å². The number of hydrogen-bond donors (Lipinski definition) is 2. The quantitative estimate of drug-likeness (QED) is 0.462. The fraction of sp³-hybridized carbons (Fsp3) is 0.500. The van der Waals surface area contributed by atoms with E-state index < -0.39 is 15.5 Å². The first-order valence-electron chi connectivity index (χ1n) is 12.6. The zero-order valence-electron chi connectivity index (χ0n) is 21.6. The van der Waals surface area contributed by atoms with Gasteiger partial charge in [-0.1, -0.05) is 6.92 Å². The highest BCUT2D eigenvalue weighted by Crippen LogP contribution is 2.39. The number of piperazine rings is 1. The Morgan fingerprint density at radius 3 is 2.65 bits per heavy atom. The number of piperidine rings is 1. The number of aliphatic hydroxyl groups is 1. The van der Waals surface area contributed by atoms with Gasteiger partial charge in [-0.3, -0.25) is 0 Å². The summed E-state index contributed by atoms with van der Waals surface area (Å²) in [5.74, 6) is 1.36. The van der Waals surface area contributed by atoms with Gasteiger partial charge in [-0.05, 0) is 51.8 Å². The maximum absolute atomic E-state index is 13.1. The summed E-state index contributed by atoms with van der Waals surface area (Å²) in [5.41, 5.74) is 1.69. The average Bonchev–Trinajstić information content (AvgIpc) is 3.29. The van der Waals surface area contributed by atoms with Crippen molar-refractivity contribution in [3.8, 4) is 22.9 Å². The minimum Gasteiger partial charge on any atom is -0.489 e. The zero-order valence-corrected chi connectivity index (χ0v) is 22.4. The van der Waals surface area contributed by atoms with E-state index in [4.69, 9.17) is 14.5 Å². The van der Waals surface area contributed by atoms with Gasteiger partial charge >= 0.3 is 0 Å². The van der Waals surface area contributed by atoms with E-state index in [1.807, 2.05) is 36.4 Å². The van der Waals surface area contributed by atoms with Crippen LogP contribution >= 0.6 is 0 Å². The molecule has 3 saturated heterocycles. The highest BCUT2D eigenvalue weighted by molar-refractivity contribution is 7.90. The number of rotatable bonds is 8. The molecule has 4 unspecified atom stereocenters. The van der Waals surface area contributed by atoms with Crippen LogP contribution in [0.25, 0.3) is 16.6 Å². The molecule has 3 aliphatic heterocycles. The van der Waals surface area contributed by atoms with Gasteiger partial charge in [-0.15, -0.1) is 0 Å².